The third kappa shape index (κ3) is 1.67. The van der Waals surface area contributed by atoms with E-state index >= 15 is 0 Å². The summed E-state index contributed by atoms with van der Waals surface area (Å²) in [5.74, 6) is 0. The highest BCUT2D eigenvalue weighted by Gasteiger charge is 2.34. The van der Waals surface area contributed by atoms with Crippen molar-refractivity contribution < 1.29 is 4.79 Å². The summed E-state index contributed by atoms with van der Waals surface area (Å²) >= 11 is 0. The van der Waals surface area contributed by atoms with E-state index in [2.05, 4.69) is 11.0 Å². The van der Waals surface area contributed by atoms with Gasteiger partial charge in [-0.15, -0.1) is 0 Å². The molecule has 2 aliphatic rings. The summed E-state index contributed by atoms with van der Waals surface area (Å²) in [4.78, 5) is 13.6. The molecular formula is C12H17NO. The number of aldehydes is 1. The molecule has 0 aromatic rings. The highest BCUT2D eigenvalue weighted by molar-refractivity contribution is 5.69. The Balaban J connectivity index is 2.14. The maximum Gasteiger partial charge on any atom is 0.144 e. The lowest BCUT2D eigenvalue weighted by atomic mass is 9.89. The van der Waals surface area contributed by atoms with Crippen LogP contribution in [-0.2, 0) is 4.79 Å². The van der Waals surface area contributed by atoms with E-state index in [-0.39, 0.29) is 5.54 Å². The van der Waals surface area contributed by atoms with Gasteiger partial charge in [0.25, 0.3) is 0 Å². The summed E-state index contributed by atoms with van der Waals surface area (Å²) in [6, 6.07) is 0. The molecule has 0 spiro atoms. The van der Waals surface area contributed by atoms with Crippen molar-refractivity contribution in [2.45, 2.75) is 31.2 Å². The molecule has 0 aromatic heterocycles. The topological polar surface area (TPSA) is 20.3 Å². The molecule has 0 radical (unpaired) electrons. The molecule has 14 heavy (non-hydrogen) atoms. The van der Waals surface area contributed by atoms with Gasteiger partial charge in [0.1, 0.15) is 6.29 Å². The number of hydrogen-bond acceptors (Lipinski definition) is 2. The molecule has 0 amide bonds. The molecule has 0 saturated carbocycles. The molecule has 2 rings (SSSR count). The van der Waals surface area contributed by atoms with E-state index in [9.17, 15) is 4.79 Å². The molecule has 1 fully saturated rings. The van der Waals surface area contributed by atoms with Gasteiger partial charge in [-0.2, -0.15) is 0 Å². The summed E-state index contributed by atoms with van der Waals surface area (Å²) in [7, 11) is 0. The van der Waals surface area contributed by atoms with Crippen LogP contribution in [0.15, 0.2) is 24.3 Å². The first kappa shape index (κ1) is 9.66. The summed E-state index contributed by atoms with van der Waals surface area (Å²) in [6.45, 7) is 2.13. The van der Waals surface area contributed by atoms with Crippen molar-refractivity contribution in [1.29, 1.82) is 0 Å². The molecule has 0 aromatic carbocycles. The second kappa shape index (κ2) is 4.09. The van der Waals surface area contributed by atoms with Gasteiger partial charge in [0.15, 0.2) is 0 Å². The first-order valence-corrected chi connectivity index (χ1v) is 5.43. The lowest BCUT2D eigenvalue weighted by molar-refractivity contribution is -0.116. The van der Waals surface area contributed by atoms with Crippen LogP contribution in [-0.4, -0.2) is 29.8 Å². The first-order valence-electron chi connectivity index (χ1n) is 5.43. The van der Waals surface area contributed by atoms with Crippen molar-refractivity contribution in [3.8, 4) is 0 Å². The lowest BCUT2D eigenvalue weighted by Crippen LogP contribution is -2.51. The Labute approximate surface area is 85.3 Å². The van der Waals surface area contributed by atoms with E-state index in [0.29, 0.717) is 0 Å². The van der Waals surface area contributed by atoms with Crippen LogP contribution in [0.2, 0.25) is 0 Å². The summed E-state index contributed by atoms with van der Waals surface area (Å²) in [6.07, 6.45) is 13.9. The number of piperidine rings is 1. The van der Waals surface area contributed by atoms with Gasteiger partial charge < -0.3 is 4.79 Å². The van der Waals surface area contributed by atoms with Crippen LogP contribution < -0.4 is 0 Å². The number of rotatable bonds is 2. The van der Waals surface area contributed by atoms with Crippen LogP contribution in [0.1, 0.15) is 25.7 Å². The van der Waals surface area contributed by atoms with E-state index < -0.39 is 0 Å². The quantitative estimate of drug-likeness (QED) is 0.622. The summed E-state index contributed by atoms with van der Waals surface area (Å²) < 4.78 is 0. The highest BCUT2D eigenvalue weighted by atomic mass is 16.1. The second-order valence-corrected chi connectivity index (χ2v) is 4.15. The summed E-state index contributed by atoms with van der Waals surface area (Å²) in [5, 5.41) is 0. The fourth-order valence-corrected chi connectivity index (χ4v) is 2.33. The van der Waals surface area contributed by atoms with Crippen molar-refractivity contribution in [3.63, 3.8) is 0 Å². The van der Waals surface area contributed by atoms with E-state index in [0.717, 1.165) is 25.8 Å². The molecule has 2 nitrogen and oxygen atoms in total. The Kier molecular flexibility index (Phi) is 2.82. The normalized spacial score (nSPS) is 33.1. The average molecular weight is 191 g/mol. The largest absolute Gasteiger partial charge is 0.301 e. The molecule has 1 heterocycles. The zero-order chi connectivity index (χ0) is 9.86. The van der Waals surface area contributed by atoms with Crippen LogP contribution in [0.3, 0.4) is 0 Å². The molecule has 0 N–H and O–H groups in total. The predicted octanol–water partition coefficient (Wildman–Crippen LogP) is 1.93. The van der Waals surface area contributed by atoms with E-state index in [1.165, 1.54) is 19.3 Å². The van der Waals surface area contributed by atoms with Crippen molar-refractivity contribution in [2.75, 3.05) is 13.1 Å². The fraction of sp³-hybridized carbons (Fsp3) is 0.583. The number of hydrogen-bond donors (Lipinski definition) is 0. The first-order chi connectivity index (χ1) is 6.87. The Morgan fingerprint density at radius 1 is 1.14 bits per heavy atom. The molecule has 1 unspecified atom stereocenters. The zero-order valence-electron chi connectivity index (χ0n) is 8.48. The van der Waals surface area contributed by atoms with Gasteiger partial charge in [0, 0.05) is 0 Å². The van der Waals surface area contributed by atoms with Crippen LogP contribution in [0.5, 0.6) is 0 Å². The maximum absolute atomic E-state index is 11.3. The van der Waals surface area contributed by atoms with Gasteiger partial charge in [-0.05, 0) is 32.4 Å². The van der Waals surface area contributed by atoms with E-state index in [1.54, 1.807) is 0 Å². The minimum atomic E-state index is -0.324. The minimum Gasteiger partial charge on any atom is -0.301 e. The van der Waals surface area contributed by atoms with Gasteiger partial charge in [0.2, 0.25) is 0 Å². The third-order valence-electron chi connectivity index (χ3n) is 3.23. The van der Waals surface area contributed by atoms with Crippen LogP contribution in [0.4, 0.5) is 0 Å². The monoisotopic (exact) mass is 191 g/mol. The molecule has 1 atom stereocenters. The third-order valence-corrected chi connectivity index (χ3v) is 3.23. The summed E-state index contributed by atoms with van der Waals surface area (Å²) in [5.41, 5.74) is -0.324. The van der Waals surface area contributed by atoms with Crippen LogP contribution in [0.25, 0.3) is 0 Å². The Morgan fingerprint density at radius 3 is 2.50 bits per heavy atom. The number of nitrogens with zero attached hydrogens (tertiary/aromatic N) is 1. The average Bonchev–Trinajstić information content (AvgIpc) is 2.31. The Hall–Kier alpha value is -0.890. The lowest BCUT2D eigenvalue weighted by Gasteiger charge is -2.40. The van der Waals surface area contributed by atoms with Gasteiger partial charge in [-0.1, -0.05) is 30.7 Å². The zero-order valence-corrected chi connectivity index (χ0v) is 8.48. The molecular weight excluding hydrogens is 174 g/mol. The number of carbonyl (C=O) groups excluding carboxylic acids is 1. The molecule has 2 heteroatoms. The standard InChI is InChI=1S/C12H17NO/c14-11-12(7-3-1-4-8-12)13-9-5-2-6-10-13/h1,3-4,7,11H,2,5-6,8-10H2. The number of allylic oxidation sites excluding steroid dienone is 2. The van der Waals surface area contributed by atoms with Crippen LogP contribution in [0, 0.1) is 0 Å². The van der Waals surface area contributed by atoms with Gasteiger partial charge in [-0.25, -0.2) is 0 Å². The van der Waals surface area contributed by atoms with Gasteiger partial charge in [-0.3, -0.25) is 4.90 Å². The predicted molar refractivity (Wildman–Crippen MR) is 57.1 cm³/mol. The Morgan fingerprint density at radius 2 is 1.93 bits per heavy atom. The van der Waals surface area contributed by atoms with Crippen molar-refractivity contribution in [2.24, 2.45) is 0 Å². The van der Waals surface area contributed by atoms with Gasteiger partial charge in [0.05, 0.1) is 5.54 Å². The van der Waals surface area contributed by atoms with Crippen molar-refractivity contribution >= 4 is 6.29 Å². The molecule has 0 bridgehead atoms. The van der Waals surface area contributed by atoms with E-state index in [1.807, 2.05) is 18.2 Å². The Bertz CT molecular complexity index is 263. The number of likely N-dealkylation sites (tertiary alicyclic amines) is 1. The molecule has 1 saturated heterocycles. The van der Waals surface area contributed by atoms with Gasteiger partial charge >= 0.3 is 0 Å². The maximum atomic E-state index is 11.3. The van der Waals surface area contributed by atoms with Crippen molar-refractivity contribution in [1.82, 2.24) is 4.90 Å². The molecule has 76 valence electrons. The fourth-order valence-electron chi connectivity index (χ4n) is 2.33. The SMILES string of the molecule is O=CC1(N2CCCCC2)C=CC=CC1. The number of carbonyl (C=O) groups is 1. The minimum absolute atomic E-state index is 0.324. The van der Waals surface area contributed by atoms with Crippen LogP contribution >= 0.6 is 0 Å². The van der Waals surface area contributed by atoms with E-state index in [4.69, 9.17) is 0 Å². The molecule has 1 aliphatic carbocycles. The smallest absolute Gasteiger partial charge is 0.144 e. The second-order valence-electron chi connectivity index (χ2n) is 4.15. The highest BCUT2D eigenvalue weighted by Crippen LogP contribution is 2.26. The molecule has 1 aliphatic heterocycles. The van der Waals surface area contributed by atoms with Crippen molar-refractivity contribution in [3.05, 3.63) is 24.3 Å².